The number of halogens is 1. The van der Waals surface area contributed by atoms with Gasteiger partial charge >= 0.3 is 18.0 Å². The van der Waals surface area contributed by atoms with Crippen molar-refractivity contribution < 1.29 is 52.0 Å². The second-order valence-electron chi connectivity index (χ2n) is 12.1. The van der Waals surface area contributed by atoms with Crippen molar-refractivity contribution in [3.05, 3.63) is 52.2 Å². The topological polar surface area (TPSA) is 201 Å². The van der Waals surface area contributed by atoms with Crippen LogP contribution in [0, 0.1) is 0 Å². The van der Waals surface area contributed by atoms with Crippen molar-refractivity contribution in [3.8, 4) is 5.75 Å². The van der Waals surface area contributed by atoms with Crippen molar-refractivity contribution in [2.24, 2.45) is 5.16 Å². The molecule has 1 saturated heterocycles. The first kappa shape index (κ1) is 39.7. The lowest BCUT2D eigenvalue weighted by Gasteiger charge is -2.49. The lowest BCUT2D eigenvalue weighted by molar-refractivity contribution is -0.156. The summed E-state index contributed by atoms with van der Waals surface area (Å²) in [5, 5.41) is 9.23. The first-order chi connectivity index (χ1) is 24.3. The quantitative estimate of drug-likeness (QED) is 0.0303. The molecule has 0 spiro atoms. The second kappa shape index (κ2) is 17.9. The number of β-lactam (4-membered cyclic amide) rings is 1. The van der Waals surface area contributed by atoms with E-state index < -0.39 is 70.2 Å². The number of fused-ring (bicyclic) bond motifs is 1. The number of aromatic nitrogens is 1. The van der Waals surface area contributed by atoms with E-state index in [-0.39, 0.29) is 35.3 Å². The van der Waals surface area contributed by atoms with Crippen LogP contribution in [0.25, 0.3) is 0 Å². The predicted molar refractivity (Wildman–Crippen MR) is 194 cm³/mol. The molecule has 51 heavy (non-hydrogen) atoms. The number of amides is 3. The average Bonchev–Trinajstić information content (AvgIpc) is 3.54. The van der Waals surface area contributed by atoms with Gasteiger partial charge < -0.3 is 29.1 Å². The van der Waals surface area contributed by atoms with E-state index in [1.165, 1.54) is 12.5 Å². The SMILES string of the molecule is CCCCC(=O)OCO/N=C(\C(=O)NC1C(=O)N2C(C(=O)OCc3ccc(OC)cc3)=C(CI)CS(=O)C12)c1csc(NC(=O)OC(C)(C)C)n1. The number of methoxy groups -OCH3 is 1. The van der Waals surface area contributed by atoms with Crippen LogP contribution < -0.4 is 15.4 Å². The van der Waals surface area contributed by atoms with E-state index in [1.54, 1.807) is 45.0 Å². The number of esters is 2. The zero-order valence-electron chi connectivity index (χ0n) is 28.5. The van der Waals surface area contributed by atoms with Crippen LogP contribution >= 0.6 is 33.9 Å². The van der Waals surface area contributed by atoms with Gasteiger partial charge in [-0.25, -0.2) is 14.6 Å². The van der Waals surface area contributed by atoms with Crippen molar-refractivity contribution in [2.45, 2.75) is 70.6 Å². The third-order valence-electron chi connectivity index (χ3n) is 7.11. The number of nitrogens with zero attached hydrogens (tertiary/aromatic N) is 3. The number of ether oxygens (including phenoxy) is 4. The van der Waals surface area contributed by atoms with Crippen molar-refractivity contribution in [2.75, 3.05) is 29.4 Å². The Morgan fingerprint density at radius 2 is 1.88 bits per heavy atom. The van der Waals surface area contributed by atoms with Gasteiger partial charge in [0.25, 0.3) is 18.6 Å². The highest BCUT2D eigenvalue weighted by atomic mass is 127. The maximum atomic E-state index is 13.6. The van der Waals surface area contributed by atoms with E-state index in [4.69, 9.17) is 23.8 Å². The molecular formula is C32H38IN5O11S2. The summed E-state index contributed by atoms with van der Waals surface area (Å²) >= 11 is 2.98. The van der Waals surface area contributed by atoms with E-state index in [1.807, 2.05) is 29.5 Å². The fourth-order valence-corrected chi connectivity index (χ4v) is 8.07. The molecule has 0 saturated carbocycles. The van der Waals surface area contributed by atoms with Gasteiger partial charge in [0.05, 0.1) is 23.7 Å². The molecule has 2 N–H and O–H groups in total. The number of hydrogen-bond donors (Lipinski definition) is 2. The van der Waals surface area contributed by atoms with Gasteiger partial charge in [-0.05, 0) is 50.5 Å². The van der Waals surface area contributed by atoms with Crippen LogP contribution in [0.15, 0.2) is 46.1 Å². The van der Waals surface area contributed by atoms with Gasteiger partial charge in [0, 0.05) is 16.2 Å². The van der Waals surface area contributed by atoms with Gasteiger partial charge in [-0.2, -0.15) is 0 Å². The van der Waals surface area contributed by atoms with E-state index in [2.05, 4.69) is 20.8 Å². The third-order valence-corrected chi connectivity index (χ3v) is 10.4. The molecule has 0 aliphatic carbocycles. The molecule has 1 aromatic heterocycles. The van der Waals surface area contributed by atoms with Crippen LogP contribution in [0.3, 0.4) is 0 Å². The summed E-state index contributed by atoms with van der Waals surface area (Å²) < 4.78 is 34.6. The van der Waals surface area contributed by atoms with Gasteiger partial charge in [-0.1, -0.05) is 53.2 Å². The fourth-order valence-electron chi connectivity index (χ4n) is 4.70. The largest absolute Gasteiger partial charge is 0.497 e. The van der Waals surface area contributed by atoms with E-state index in [9.17, 15) is 28.2 Å². The number of nitrogens with one attached hydrogen (secondary N) is 2. The molecule has 16 nitrogen and oxygen atoms in total. The Kier molecular flexibility index (Phi) is 13.9. The van der Waals surface area contributed by atoms with Crippen LogP contribution in [-0.4, -0.2) is 90.8 Å². The molecule has 4 rings (SSSR count). The Morgan fingerprint density at radius 3 is 2.53 bits per heavy atom. The molecule has 2 aliphatic rings. The molecule has 3 atom stereocenters. The summed E-state index contributed by atoms with van der Waals surface area (Å²) in [5.74, 6) is -2.30. The number of carbonyl (C=O) groups excluding carboxylic acids is 5. The Morgan fingerprint density at radius 1 is 1.16 bits per heavy atom. The zero-order valence-corrected chi connectivity index (χ0v) is 32.3. The molecule has 0 radical (unpaired) electrons. The molecule has 3 amide bonds. The summed E-state index contributed by atoms with van der Waals surface area (Å²) in [7, 11) is -0.152. The van der Waals surface area contributed by atoms with Gasteiger partial charge in [0.15, 0.2) is 10.8 Å². The van der Waals surface area contributed by atoms with E-state index in [0.29, 0.717) is 27.7 Å². The van der Waals surface area contributed by atoms with Crippen molar-refractivity contribution in [1.82, 2.24) is 15.2 Å². The number of carbonyl (C=O) groups is 5. The third kappa shape index (κ3) is 10.5. The lowest BCUT2D eigenvalue weighted by Crippen LogP contribution is -2.74. The van der Waals surface area contributed by atoms with Crippen molar-refractivity contribution in [1.29, 1.82) is 0 Å². The minimum atomic E-state index is -1.69. The fraction of sp³-hybridized carbons (Fsp3) is 0.469. The van der Waals surface area contributed by atoms with Crippen LogP contribution in [0.4, 0.5) is 9.93 Å². The standard InChI is InChI=1S/C32H38IN5O11S2/c1-6-7-8-22(39)47-17-48-37-23(21-15-50-30(34-21)36-31(43)49-32(2,3)4)26(40)35-24-27(41)38-25(19(13-33)16-51(44)28(24)38)29(42)46-14-18-9-11-20(45-5)12-10-18/h9-12,15,24,28H,6-8,13-14,16-17H2,1-5H3,(H,35,40)(H,34,36,43)/b37-23-. The number of alkyl halides is 1. The Balaban J connectivity index is 1.50. The highest BCUT2D eigenvalue weighted by molar-refractivity contribution is 14.1. The number of benzene rings is 1. The lowest BCUT2D eigenvalue weighted by atomic mass is 10.0. The van der Waals surface area contributed by atoms with E-state index in [0.717, 1.165) is 22.7 Å². The molecule has 3 heterocycles. The van der Waals surface area contributed by atoms with Crippen LogP contribution in [0.2, 0.25) is 0 Å². The maximum absolute atomic E-state index is 13.6. The normalized spacial score (nSPS) is 18.6. The monoisotopic (exact) mass is 859 g/mol. The van der Waals surface area contributed by atoms with Gasteiger partial charge in [-0.15, -0.1) is 11.3 Å². The zero-order chi connectivity index (χ0) is 37.3. The molecule has 276 valence electrons. The highest BCUT2D eigenvalue weighted by Crippen LogP contribution is 2.36. The number of oxime groups is 1. The summed E-state index contributed by atoms with van der Waals surface area (Å²) in [6.07, 6.45) is 0.797. The first-order valence-corrected chi connectivity index (χ1v) is 19.5. The Bertz CT molecular complexity index is 1720. The van der Waals surface area contributed by atoms with Crippen molar-refractivity contribution >= 4 is 85.4 Å². The first-order valence-electron chi connectivity index (χ1n) is 15.7. The molecule has 1 aromatic carbocycles. The van der Waals surface area contributed by atoms with Gasteiger partial charge in [0.2, 0.25) is 0 Å². The second-order valence-corrected chi connectivity index (χ2v) is 15.2. The number of hydrogen-bond acceptors (Lipinski definition) is 14. The van der Waals surface area contributed by atoms with Gasteiger partial charge in [0.1, 0.15) is 40.8 Å². The minimum Gasteiger partial charge on any atom is -0.497 e. The Labute approximate surface area is 314 Å². The van der Waals surface area contributed by atoms with Crippen LogP contribution in [0.5, 0.6) is 5.75 Å². The van der Waals surface area contributed by atoms with Gasteiger partial charge in [-0.3, -0.25) is 28.8 Å². The van der Waals surface area contributed by atoms with Crippen molar-refractivity contribution in [3.63, 3.8) is 0 Å². The van der Waals surface area contributed by atoms with E-state index >= 15 is 0 Å². The van der Waals surface area contributed by atoms with Crippen LogP contribution in [0.1, 0.15) is 58.2 Å². The molecule has 19 heteroatoms. The summed E-state index contributed by atoms with van der Waals surface area (Å²) in [6.45, 7) is 6.30. The molecule has 2 aliphatic heterocycles. The highest BCUT2D eigenvalue weighted by Gasteiger charge is 2.57. The molecule has 1 fully saturated rings. The molecule has 3 unspecified atom stereocenters. The number of rotatable bonds is 15. The molecule has 0 bridgehead atoms. The minimum absolute atomic E-state index is 0.0162. The smallest absolute Gasteiger partial charge is 0.413 e. The summed E-state index contributed by atoms with van der Waals surface area (Å²) in [6, 6.07) is 5.61. The number of anilines is 1. The predicted octanol–water partition coefficient (Wildman–Crippen LogP) is 3.76. The summed E-state index contributed by atoms with van der Waals surface area (Å²) in [5.41, 5.74) is -0.112. The maximum Gasteiger partial charge on any atom is 0.413 e. The van der Waals surface area contributed by atoms with Crippen LogP contribution in [-0.2, 0) is 55.6 Å². The molecule has 2 aromatic rings. The average molecular weight is 860 g/mol. The molecular weight excluding hydrogens is 821 g/mol. The summed E-state index contributed by atoms with van der Waals surface area (Å²) in [4.78, 5) is 75.1. The Hall–Kier alpha value is -4.11. The number of thiazole rings is 1. The number of unbranched alkanes of at least 4 members (excludes halogenated alkanes) is 1.